The van der Waals surface area contributed by atoms with Gasteiger partial charge in [0.1, 0.15) is 6.04 Å². The van der Waals surface area contributed by atoms with Gasteiger partial charge in [-0.1, -0.05) is 43.1 Å². The molecule has 2 aromatic rings. The normalized spacial score (nSPS) is 14.9. The molecule has 0 saturated carbocycles. The number of ether oxygens (including phenoxy) is 1. The summed E-state index contributed by atoms with van der Waals surface area (Å²) >= 11 is 8.07. The Hall–Kier alpha value is -1.49. The minimum Gasteiger partial charge on any atom is -0.468 e. The summed E-state index contributed by atoms with van der Waals surface area (Å²) in [6.45, 7) is 3.55. The van der Waals surface area contributed by atoms with E-state index in [1.54, 1.807) is 11.3 Å². The van der Waals surface area contributed by atoms with Crippen LogP contribution in [0.15, 0.2) is 35.7 Å². The summed E-state index contributed by atoms with van der Waals surface area (Å²) in [5, 5.41) is 2.71. The molecule has 0 radical (unpaired) electrons. The van der Waals surface area contributed by atoms with Gasteiger partial charge in [0.2, 0.25) is 0 Å². The van der Waals surface area contributed by atoms with E-state index in [0.717, 1.165) is 31.5 Å². The van der Waals surface area contributed by atoms with E-state index in [2.05, 4.69) is 20.5 Å². The Labute approximate surface area is 186 Å². The van der Waals surface area contributed by atoms with Crippen molar-refractivity contribution in [2.45, 2.75) is 38.8 Å². The zero-order valence-corrected chi connectivity index (χ0v) is 19.3. The van der Waals surface area contributed by atoms with Gasteiger partial charge < -0.3 is 4.74 Å². The number of hydrogen-bond donors (Lipinski definition) is 1. The van der Waals surface area contributed by atoms with Crippen molar-refractivity contribution in [1.82, 2.24) is 4.90 Å². The van der Waals surface area contributed by atoms with Gasteiger partial charge >= 0.3 is 16.4 Å². The fourth-order valence-electron chi connectivity index (χ4n) is 3.08. The number of fused-ring (bicyclic) bond motifs is 1. The molecule has 0 amide bonds. The summed E-state index contributed by atoms with van der Waals surface area (Å²) in [7, 11) is -2.77. The number of carbonyl (C=O) groups excluding carboxylic acids is 1. The number of carbonyl (C=O) groups is 1. The highest BCUT2D eigenvalue weighted by Crippen LogP contribution is 2.33. The Bertz CT molecular complexity index is 931. The van der Waals surface area contributed by atoms with Crippen molar-refractivity contribution in [1.29, 1.82) is 0 Å². The van der Waals surface area contributed by atoms with E-state index in [4.69, 9.17) is 20.9 Å². The van der Waals surface area contributed by atoms with Crippen LogP contribution < -0.4 is 0 Å². The molecule has 1 N–H and O–H groups in total. The third kappa shape index (κ3) is 7.33. The van der Waals surface area contributed by atoms with Crippen molar-refractivity contribution < 1.29 is 26.7 Å². The zero-order chi connectivity index (χ0) is 22.1. The van der Waals surface area contributed by atoms with E-state index in [1.807, 2.05) is 31.2 Å². The lowest BCUT2D eigenvalue weighted by Gasteiger charge is -2.33. The first kappa shape index (κ1) is 24.8. The van der Waals surface area contributed by atoms with Gasteiger partial charge in [-0.15, -0.1) is 11.3 Å². The monoisotopic (exact) mass is 475 g/mol. The maximum atomic E-state index is 12.3. The molecule has 3 rings (SSSR count). The van der Waals surface area contributed by atoms with E-state index in [-0.39, 0.29) is 12.6 Å². The second-order valence-electron chi connectivity index (χ2n) is 6.64. The minimum absolute atomic E-state index is 0.0648. The lowest BCUT2D eigenvalue weighted by atomic mass is 10.0. The highest BCUT2D eigenvalue weighted by Gasteiger charge is 2.32. The smallest absolute Gasteiger partial charge is 0.397 e. The minimum atomic E-state index is -4.20. The molecule has 0 fully saturated rings. The zero-order valence-electron chi connectivity index (χ0n) is 16.9. The molecule has 1 aliphatic heterocycles. The molecule has 1 atom stereocenters. The number of nitrogens with zero attached hydrogens (tertiary/aromatic N) is 1. The second-order valence-corrected chi connectivity index (χ2v) is 9.14. The number of benzene rings is 1. The number of halogens is 1. The molecule has 0 aliphatic carbocycles. The lowest BCUT2D eigenvalue weighted by molar-refractivity contribution is -0.147. The van der Waals surface area contributed by atoms with Gasteiger partial charge in [0.15, 0.2) is 0 Å². The van der Waals surface area contributed by atoms with Crippen molar-refractivity contribution in [3.8, 4) is 0 Å². The van der Waals surface area contributed by atoms with Crippen LogP contribution in [0.25, 0.3) is 0 Å². The average molecular weight is 476 g/mol. The predicted octanol–water partition coefficient (Wildman–Crippen LogP) is 4.28. The Balaban J connectivity index is 0.000000303. The molecule has 0 bridgehead atoms. The van der Waals surface area contributed by atoms with E-state index in [0.29, 0.717) is 11.4 Å². The molecular formula is C20H26ClNO6S2. The number of hydrogen-bond acceptors (Lipinski definition) is 7. The van der Waals surface area contributed by atoms with Crippen LogP contribution in [0.1, 0.15) is 41.8 Å². The maximum absolute atomic E-state index is 12.3. The van der Waals surface area contributed by atoms with Gasteiger partial charge in [0.05, 0.1) is 13.7 Å². The van der Waals surface area contributed by atoms with Crippen LogP contribution in [0.5, 0.6) is 0 Å². The molecule has 166 valence electrons. The van der Waals surface area contributed by atoms with Gasteiger partial charge in [0.25, 0.3) is 0 Å². The summed E-state index contributed by atoms with van der Waals surface area (Å²) in [4.78, 5) is 15.8. The van der Waals surface area contributed by atoms with Crippen molar-refractivity contribution in [2.75, 3.05) is 20.3 Å². The first-order valence-electron chi connectivity index (χ1n) is 9.50. The second kappa shape index (κ2) is 11.8. The van der Waals surface area contributed by atoms with Gasteiger partial charge in [0, 0.05) is 23.0 Å². The molecule has 2 heterocycles. The number of thiophene rings is 1. The standard InChI is InChI=1S/C16H16ClNO2S.C4H10O4S/c1-20-16(19)15(12-4-2-3-5-13(12)17)18-8-6-14-11(10-18)7-9-21-14;1-2-3-4-8-9(5,6)7/h2-5,7,9,15H,6,8,10H2,1H3;2-4H2,1H3,(H,5,6,7)/t15-;/m0./s1. The molecule has 0 spiro atoms. The Morgan fingerprint density at radius 1 is 1.33 bits per heavy atom. The first-order valence-corrected chi connectivity index (χ1v) is 12.1. The Morgan fingerprint density at radius 2 is 2.07 bits per heavy atom. The fourth-order valence-corrected chi connectivity index (χ4v) is 4.54. The SMILES string of the molecule is CCCCOS(=O)(=O)O.COC(=O)[C@H](c1ccccc1Cl)N1CCc2sccc2C1. The quantitative estimate of drug-likeness (QED) is 0.363. The van der Waals surface area contributed by atoms with Crippen LogP contribution in [0.4, 0.5) is 0 Å². The molecule has 1 aliphatic rings. The Morgan fingerprint density at radius 3 is 2.70 bits per heavy atom. The topological polar surface area (TPSA) is 93.1 Å². The van der Waals surface area contributed by atoms with Crippen molar-refractivity contribution in [3.63, 3.8) is 0 Å². The van der Waals surface area contributed by atoms with Crippen molar-refractivity contribution >= 4 is 39.3 Å². The maximum Gasteiger partial charge on any atom is 0.397 e. The van der Waals surface area contributed by atoms with Gasteiger partial charge in [-0.25, -0.2) is 8.98 Å². The summed E-state index contributed by atoms with van der Waals surface area (Å²) in [5.41, 5.74) is 2.11. The summed E-state index contributed by atoms with van der Waals surface area (Å²) < 4.78 is 36.7. The number of esters is 1. The van der Waals surface area contributed by atoms with Gasteiger partial charge in [-0.3, -0.25) is 9.45 Å². The van der Waals surface area contributed by atoms with Crippen LogP contribution in [0.3, 0.4) is 0 Å². The van der Waals surface area contributed by atoms with Crippen LogP contribution in [-0.2, 0) is 37.1 Å². The highest BCUT2D eigenvalue weighted by molar-refractivity contribution is 7.80. The summed E-state index contributed by atoms with van der Waals surface area (Å²) in [6.07, 6.45) is 2.44. The molecule has 7 nitrogen and oxygen atoms in total. The van der Waals surface area contributed by atoms with Crippen LogP contribution in [0.2, 0.25) is 5.02 Å². The predicted molar refractivity (Wildman–Crippen MR) is 117 cm³/mol. The molecular weight excluding hydrogens is 450 g/mol. The third-order valence-corrected chi connectivity index (χ3v) is 6.39. The van der Waals surface area contributed by atoms with Crippen molar-refractivity contribution in [2.24, 2.45) is 0 Å². The summed E-state index contributed by atoms with van der Waals surface area (Å²) in [6, 6.07) is 9.16. The number of unbranched alkanes of at least 4 members (excludes halogenated alkanes) is 1. The largest absolute Gasteiger partial charge is 0.468 e. The van der Waals surface area contributed by atoms with Crippen LogP contribution in [0, 0.1) is 0 Å². The van der Waals surface area contributed by atoms with Crippen molar-refractivity contribution in [3.05, 3.63) is 56.7 Å². The van der Waals surface area contributed by atoms with Gasteiger partial charge in [-0.2, -0.15) is 8.42 Å². The van der Waals surface area contributed by atoms with Crippen LogP contribution >= 0.6 is 22.9 Å². The van der Waals surface area contributed by atoms with E-state index in [1.165, 1.54) is 17.6 Å². The molecule has 0 saturated heterocycles. The summed E-state index contributed by atoms with van der Waals surface area (Å²) in [5.74, 6) is -0.262. The number of methoxy groups -OCH3 is 1. The number of rotatable bonds is 7. The molecule has 1 aromatic heterocycles. The van der Waals surface area contributed by atoms with E-state index in [9.17, 15) is 13.2 Å². The molecule has 0 unspecified atom stereocenters. The average Bonchev–Trinajstić information content (AvgIpc) is 3.17. The Kier molecular flexibility index (Phi) is 9.73. The van der Waals surface area contributed by atoms with Gasteiger partial charge in [-0.05, 0) is 41.5 Å². The third-order valence-electron chi connectivity index (χ3n) is 4.56. The van der Waals surface area contributed by atoms with Crippen LogP contribution in [-0.4, -0.2) is 44.1 Å². The molecule has 10 heteroatoms. The molecule has 30 heavy (non-hydrogen) atoms. The van der Waals surface area contributed by atoms with E-state index >= 15 is 0 Å². The highest BCUT2D eigenvalue weighted by atomic mass is 35.5. The fraction of sp³-hybridized carbons (Fsp3) is 0.450. The lowest BCUT2D eigenvalue weighted by Crippen LogP contribution is -2.38. The van der Waals surface area contributed by atoms with E-state index < -0.39 is 16.4 Å². The first-order chi connectivity index (χ1) is 14.3. The molecule has 1 aromatic carbocycles.